The minimum atomic E-state index is -1.78. The zero-order valence-electron chi connectivity index (χ0n) is 26.9. The first kappa shape index (κ1) is 40.0. The summed E-state index contributed by atoms with van der Waals surface area (Å²) in [7, 11) is 0. The van der Waals surface area contributed by atoms with Crippen LogP contribution in [0.3, 0.4) is 0 Å². The molecule has 17 heteroatoms. The number of nitrogens with two attached hydrogens (primary N) is 1. The van der Waals surface area contributed by atoms with Crippen LogP contribution in [0.25, 0.3) is 0 Å². The number of hydrogen-bond donors (Lipinski definition) is 9. The summed E-state index contributed by atoms with van der Waals surface area (Å²) in [5.74, 6) is -8.85. The number of nitrogens with one attached hydrogen (secondary N) is 5. The molecule has 1 rings (SSSR count). The van der Waals surface area contributed by atoms with Crippen molar-refractivity contribution in [3.63, 3.8) is 0 Å². The van der Waals surface area contributed by atoms with Gasteiger partial charge in [-0.05, 0) is 38.7 Å². The number of carbonyl (C=O) groups excluding carboxylic acids is 5. The highest BCUT2D eigenvalue weighted by atomic mass is 16.4. The van der Waals surface area contributed by atoms with Gasteiger partial charge in [0.1, 0.15) is 29.7 Å². The average molecular weight is 665 g/mol. The number of carboxylic acids is 3. The van der Waals surface area contributed by atoms with E-state index in [0.717, 1.165) is 0 Å². The monoisotopic (exact) mass is 664 g/mol. The minimum Gasteiger partial charge on any atom is -0.481 e. The molecule has 0 spiro atoms. The van der Waals surface area contributed by atoms with Gasteiger partial charge in [-0.2, -0.15) is 0 Å². The Morgan fingerprint density at radius 2 is 1.23 bits per heavy atom. The molecule has 0 aliphatic heterocycles. The van der Waals surface area contributed by atoms with Crippen LogP contribution in [0.2, 0.25) is 0 Å². The molecule has 1 aromatic carbocycles. The van der Waals surface area contributed by atoms with Crippen LogP contribution in [-0.2, 0) is 44.8 Å². The van der Waals surface area contributed by atoms with E-state index in [1.165, 1.54) is 20.8 Å². The number of carbonyl (C=O) groups is 8. The SMILES string of the molecule is CC(C)C[C@H](NC(=O)[C@H](Cc1ccccc1)NC(=O)[C@H](C)NC(=O)C(C)(C)NC(=O)[C@H](CC(=O)O)NC(=O)[C@@H](N)CC(=O)O)C(=O)O. The molecule has 0 heterocycles. The predicted molar refractivity (Wildman–Crippen MR) is 165 cm³/mol. The van der Waals surface area contributed by atoms with Crippen LogP contribution in [0, 0.1) is 5.92 Å². The summed E-state index contributed by atoms with van der Waals surface area (Å²) in [4.78, 5) is 98.5. The lowest BCUT2D eigenvalue weighted by Crippen LogP contribution is -2.62. The molecule has 47 heavy (non-hydrogen) atoms. The molecule has 1 aromatic rings. The van der Waals surface area contributed by atoms with E-state index in [1.807, 2.05) is 0 Å². The predicted octanol–water partition coefficient (Wildman–Crippen LogP) is -1.51. The smallest absolute Gasteiger partial charge is 0.326 e. The molecule has 0 saturated carbocycles. The van der Waals surface area contributed by atoms with Crippen molar-refractivity contribution in [1.82, 2.24) is 26.6 Å². The van der Waals surface area contributed by atoms with Gasteiger partial charge < -0.3 is 47.6 Å². The molecule has 0 unspecified atom stereocenters. The Bertz CT molecular complexity index is 1320. The molecular weight excluding hydrogens is 620 g/mol. The lowest BCUT2D eigenvalue weighted by Gasteiger charge is -2.29. The van der Waals surface area contributed by atoms with Crippen molar-refractivity contribution in [2.75, 3.05) is 0 Å². The standard InChI is InChI=1S/C30H44N6O11/c1-15(2)11-21(28(45)46)35-26(43)19(12-17-9-7-6-8-10-17)33-24(41)16(3)32-29(47)30(4,5)36-27(44)20(14-23(39)40)34-25(42)18(31)13-22(37)38/h6-10,15-16,18-21H,11-14,31H2,1-5H3,(H,32,47)(H,33,41)(H,34,42)(H,35,43)(H,36,44)(H,37,38)(H,39,40)(H,45,46)/t16-,18-,19-,20-,21-/m0/s1. The van der Waals surface area contributed by atoms with Gasteiger partial charge in [-0.15, -0.1) is 0 Å². The molecule has 0 aliphatic rings. The molecule has 0 fully saturated rings. The van der Waals surface area contributed by atoms with Crippen molar-refractivity contribution in [3.05, 3.63) is 35.9 Å². The lowest BCUT2D eigenvalue weighted by molar-refractivity contribution is -0.143. The summed E-state index contributed by atoms with van der Waals surface area (Å²) in [5.41, 5.74) is 4.37. The molecule has 260 valence electrons. The van der Waals surface area contributed by atoms with Crippen molar-refractivity contribution in [2.24, 2.45) is 11.7 Å². The van der Waals surface area contributed by atoms with Gasteiger partial charge in [0.15, 0.2) is 0 Å². The fraction of sp³-hybridized carbons (Fsp3) is 0.533. The van der Waals surface area contributed by atoms with Crippen LogP contribution in [0.1, 0.15) is 59.4 Å². The second-order valence-electron chi connectivity index (χ2n) is 12.0. The number of rotatable bonds is 19. The van der Waals surface area contributed by atoms with Crippen LogP contribution in [-0.4, -0.2) is 98.5 Å². The van der Waals surface area contributed by atoms with Gasteiger partial charge in [-0.1, -0.05) is 44.2 Å². The molecule has 0 saturated heterocycles. The molecule has 0 radical (unpaired) electrons. The fourth-order valence-electron chi connectivity index (χ4n) is 4.16. The quantitative estimate of drug-likeness (QED) is 0.0816. The van der Waals surface area contributed by atoms with E-state index in [1.54, 1.807) is 44.2 Å². The molecule has 10 N–H and O–H groups in total. The van der Waals surface area contributed by atoms with Gasteiger partial charge in [-0.3, -0.25) is 33.6 Å². The Morgan fingerprint density at radius 1 is 0.702 bits per heavy atom. The Labute approximate surface area is 271 Å². The summed E-state index contributed by atoms with van der Waals surface area (Å²) < 4.78 is 0. The number of hydrogen-bond acceptors (Lipinski definition) is 9. The number of carboxylic acid groups (broad SMARTS) is 3. The van der Waals surface area contributed by atoms with Gasteiger partial charge in [0.05, 0.1) is 18.9 Å². The van der Waals surface area contributed by atoms with E-state index in [9.17, 15) is 48.6 Å². The fourth-order valence-corrected chi connectivity index (χ4v) is 4.16. The van der Waals surface area contributed by atoms with Crippen LogP contribution in [0.5, 0.6) is 0 Å². The van der Waals surface area contributed by atoms with Crippen molar-refractivity contribution in [2.45, 2.75) is 96.1 Å². The zero-order valence-corrected chi connectivity index (χ0v) is 26.9. The Kier molecular flexibility index (Phi) is 15.5. The van der Waals surface area contributed by atoms with E-state index in [2.05, 4.69) is 26.6 Å². The van der Waals surface area contributed by atoms with E-state index in [0.29, 0.717) is 5.56 Å². The van der Waals surface area contributed by atoms with Crippen LogP contribution >= 0.6 is 0 Å². The van der Waals surface area contributed by atoms with Crippen molar-refractivity contribution < 1.29 is 53.7 Å². The maximum Gasteiger partial charge on any atom is 0.326 e. The molecular formula is C30H44N6O11. The Hall–Kier alpha value is -5.06. The molecule has 0 aromatic heterocycles. The minimum absolute atomic E-state index is 0.00144. The van der Waals surface area contributed by atoms with Crippen LogP contribution in [0.15, 0.2) is 30.3 Å². The largest absolute Gasteiger partial charge is 0.481 e. The van der Waals surface area contributed by atoms with Gasteiger partial charge >= 0.3 is 17.9 Å². The normalized spacial score (nSPS) is 14.4. The number of aliphatic carboxylic acids is 3. The zero-order chi connectivity index (χ0) is 36.1. The second kappa shape index (κ2) is 18.2. The first-order valence-corrected chi connectivity index (χ1v) is 14.7. The first-order chi connectivity index (χ1) is 21.7. The summed E-state index contributed by atoms with van der Waals surface area (Å²) >= 11 is 0. The van der Waals surface area contributed by atoms with Gasteiger partial charge in [0, 0.05) is 6.42 Å². The molecule has 17 nitrogen and oxygen atoms in total. The summed E-state index contributed by atoms with van der Waals surface area (Å²) in [6, 6.07) is 1.62. The highest BCUT2D eigenvalue weighted by molar-refractivity contribution is 5.98. The highest BCUT2D eigenvalue weighted by Gasteiger charge is 2.36. The van der Waals surface area contributed by atoms with Crippen molar-refractivity contribution in [3.8, 4) is 0 Å². The third kappa shape index (κ3) is 14.3. The maximum absolute atomic E-state index is 13.2. The highest BCUT2D eigenvalue weighted by Crippen LogP contribution is 2.09. The number of benzene rings is 1. The second-order valence-corrected chi connectivity index (χ2v) is 12.0. The van der Waals surface area contributed by atoms with Crippen molar-refractivity contribution >= 4 is 47.4 Å². The molecule has 0 bridgehead atoms. The maximum atomic E-state index is 13.2. The third-order valence-corrected chi connectivity index (χ3v) is 6.72. The van der Waals surface area contributed by atoms with E-state index < -0.39 is 96.0 Å². The van der Waals surface area contributed by atoms with Gasteiger partial charge in [0.25, 0.3) is 0 Å². The molecule has 5 amide bonds. The summed E-state index contributed by atoms with van der Waals surface area (Å²) in [6.45, 7) is 7.37. The molecule has 0 aliphatic carbocycles. The average Bonchev–Trinajstić information content (AvgIpc) is 2.95. The topological polar surface area (TPSA) is 283 Å². The van der Waals surface area contributed by atoms with Gasteiger partial charge in [-0.25, -0.2) is 4.79 Å². The Morgan fingerprint density at radius 3 is 1.74 bits per heavy atom. The lowest BCUT2D eigenvalue weighted by atomic mass is 10.0. The van der Waals surface area contributed by atoms with E-state index in [4.69, 9.17) is 10.8 Å². The van der Waals surface area contributed by atoms with E-state index >= 15 is 0 Å². The molecule has 5 atom stereocenters. The van der Waals surface area contributed by atoms with E-state index in [-0.39, 0.29) is 18.8 Å². The Balaban J connectivity index is 3.04. The number of amides is 5. The van der Waals surface area contributed by atoms with Crippen molar-refractivity contribution in [1.29, 1.82) is 0 Å². The van der Waals surface area contributed by atoms with Crippen LogP contribution < -0.4 is 32.3 Å². The summed E-state index contributed by atoms with van der Waals surface area (Å²) in [6.07, 6.45) is -1.56. The summed E-state index contributed by atoms with van der Waals surface area (Å²) in [5, 5.41) is 39.3. The third-order valence-electron chi connectivity index (χ3n) is 6.72. The first-order valence-electron chi connectivity index (χ1n) is 14.7. The van der Waals surface area contributed by atoms with Crippen LogP contribution in [0.4, 0.5) is 0 Å². The van der Waals surface area contributed by atoms with Gasteiger partial charge in [0.2, 0.25) is 29.5 Å².